The topological polar surface area (TPSA) is 50.1 Å². The molecular formula is C16H20F3N3O. The quantitative estimate of drug-likeness (QED) is 0.857. The van der Waals surface area contributed by atoms with Crippen LogP contribution >= 0.6 is 0 Å². The van der Waals surface area contributed by atoms with Crippen molar-refractivity contribution in [2.75, 3.05) is 6.54 Å². The second-order valence-corrected chi connectivity index (χ2v) is 5.75. The van der Waals surface area contributed by atoms with E-state index in [9.17, 15) is 18.3 Å². The fourth-order valence-electron chi connectivity index (χ4n) is 1.99. The number of nitrogens with one attached hydrogen (secondary N) is 1. The lowest BCUT2D eigenvalue weighted by atomic mass is 10.1. The maximum absolute atomic E-state index is 12.5. The summed E-state index contributed by atoms with van der Waals surface area (Å²) in [4.78, 5) is 0. The van der Waals surface area contributed by atoms with E-state index in [4.69, 9.17) is 0 Å². The molecule has 0 radical (unpaired) electrons. The van der Waals surface area contributed by atoms with Gasteiger partial charge in [0.1, 0.15) is 0 Å². The molecule has 2 aromatic rings. The van der Waals surface area contributed by atoms with E-state index in [0.29, 0.717) is 18.8 Å². The third-order valence-electron chi connectivity index (χ3n) is 3.53. The normalized spacial score (nSPS) is 13.5. The van der Waals surface area contributed by atoms with E-state index in [0.717, 1.165) is 11.6 Å². The Kier molecular flexibility index (Phi) is 5.43. The average molecular weight is 327 g/mol. The van der Waals surface area contributed by atoms with Gasteiger partial charge >= 0.3 is 6.18 Å². The first kappa shape index (κ1) is 17.5. The van der Waals surface area contributed by atoms with Crippen LogP contribution in [0.4, 0.5) is 13.2 Å². The van der Waals surface area contributed by atoms with Gasteiger partial charge in [0.05, 0.1) is 11.8 Å². The lowest BCUT2D eigenvalue weighted by Crippen LogP contribution is -2.30. The van der Waals surface area contributed by atoms with Crippen molar-refractivity contribution in [2.45, 2.75) is 32.7 Å². The van der Waals surface area contributed by atoms with Crippen LogP contribution < -0.4 is 5.32 Å². The van der Waals surface area contributed by atoms with Gasteiger partial charge in [0.2, 0.25) is 0 Å². The van der Waals surface area contributed by atoms with E-state index >= 15 is 0 Å². The lowest BCUT2D eigenvalue weighted by Gasteiger charge is -2.15. The molecule has 126 valence electrons. The molecule has 1 aromatic heterocycles. The molecule has 0 aliphatic heterocycles. The van der Waals surface area contributed by atoms with Crippen LogP contribution in [0.15, 0.2) is 36.5 Å². The summed E-state index contributed by atoms with van der Waals surface area (Å²) in [7, 11) is 0. The minimum absolute atomic E-state index is 0.188. The van der Waals surface area contributed by atoms with Crippen LogP contribution in [0.25, 0.3) is 5.69 Å². The molecule has 2 rings (SSSR count). The summed E-state index contributed by atoms with van der Waals surface area (Å²) in [5.41, 5.74) is 0.630. The van der Waals surface area contributed by atoms with Crippen molar-refractivity contribution in [3.63, 3.8) is 0 Å². The van der Waals surface area contributed by atoms with E-state index in [1.54, 1.807) is 12.1 Å². The van der Waals surface area contributed by atoms with Crippen molar-refractivity contribution in [3.8, 4) is 5.69 Å². The predicted octanol–water partition coefficient (Wildman–Crippen LogP) is 3.00. The smallest absolute Gasteiger partial charge is 0.392 e. The molecule has 0 aliphatic carbocycles. The van der Waals surface area contributed by atoms with Crippen LogP contribution in [0, 0.1) is 5.92 Å². The molecule has 0 aliphatic rings. The zero-order valence-electron chi connectivity index (χ0n) is 13.0. The molecule has 2 N–H and O–H groups in total. The second kappa shape index (κ2) is 7.14. The molecule has 0 saturated heterocycles. The Bertz CT molecular complexity index is 620. The lowest BCUT2D eigenvalue weighted by molar-refractivity contribution is -0.141. The number of aliphatic hydroxyl groups is 1. The van der Waals surface area contributed by atoms with Gasteiger partial charge in [0.25, 0.3) is 0 Å². The van der Waals surface area contributed by atoms with Gasteiger partial charge in [-0.25, -0.2) is 4.68 Å². The number of nitrogens with zero attached hydrogens (tertiary/aromatic N) is 2. The first-order valence-corrected chi connectivity index (χ1v) is 7.38. The summed E-state index contributed by atoms with van der Waals surface area (Å²) >= 11 is 0. The van der Waals surface area contributed by atoms with Crippen molar-refractivity contribution >= 4 is 0 Å². The highest BCUT2D eigenvalue weighted by Gasteiger charge is 2.33. The molecule has 4 nitrogen and oxygen atoms in total. The zero-order chi connectivity index (χ0) is 17.0. The maximum atomic E-state index is 12.5. The van der Waals surface area contributed by atoms with Gasteiger partial charge in [0.15, 0.2) is 5.69 Å². The third kappa shape index (κ3) is 4.80. The fourth-order valence-corrected chi connectivity index (χ4v) is 1.99. The number of aromatic nitrogens is 2. The number of benzene rings is 1. The Labute approximate surface area is 132 Å². The molecular weight excluding hydrogens is 307 g/mol. The van der Waals surface area contributed by atoms with Crippen LogP contribution in [0.5, 0.6) is 0 Å². The first-order valence-electron chi connectivity index (χ1n) is 7.38. The first-order chi connectivity index (χ1) is 10.8. The van der Waals surface area contributed by atoms with Gasteiger partial charge in [0, 0.05) is 19.3 Å². The van der Waals surface area contributed by atoms with Gasteiger partial charge in [-0.15, -0.1) is 0 Å². The van der Waals surface area contributed by atoms with Gasteiger partial charge in [-0.1, -0.05) is 26.0 Å². The summed E-state index contributed by atoms with van der Waals surface area (Å²) in [6, 6.07) is 8.01. The van der Waals surface area contributed by atoms with Gasteiger partial charge in [-0.05, 0) is 29.7 Å². The van der Waals surface area contributed by atoms with Crippen LogP contribution in [0.3, 0.4) is 0 Å². The van der Waals surface area contributed by atoms with E-state index in [1.165, 1.54) is 10.9 Å². The Balaban J connectivity index is 1.96. The Morgan fingerprint density at radius 1 is 1.17 bits per heavy atom. The van der Waals surface area contributed by atoms with Crippen molar-refractivity contribution < 1.29 is 18.3 Å². The van der Waals surface area contributed by atoms with Crippen molar-refractivity contribution in [1.29, 1.82) is 0 Å². The predicted molar refractivity (Wildman–Crippen MR) is 81.1 cm³/mol. The molecule has 1 unspecified atom stereocenters. The van der Waals surface area contributed by atoms with Gasteiger partial charge < -0.3 is 10.4 Å². The minimum Gasteiger partial charge on any atom is -0.392 e. The van der Waals surface area contributed by atoms with E-state index in [-0.39, 0.29) is 5.92 Å². The number of aliphatic hydroxyl groups excluding tert-OH is 1. The summed E-state index contributed by atoms with van der Waals surface area (Å²) in [6.07, 6.45) is -3.55. The van der Waals surface area contributed by atoms with Crippen LogP contribution in [0.1, 0.15) is 25.1 Å². The van der Waals surface area contributed by atoms with E-state index in [1.807, 2.05) is 26.0 Å². The molecule has 0 spiro atoms. The average Bonchev–Trinajstić information content (AvgIpc) is 2.97. The molecule has 0 saturated carbocycles. The molecule has 0 amide bonds. The molecule has 7 heteroatoms. The van der Waals surface area contributed by atoms with Crippen LogP contribution in [0.2, 0.25) is 0 Å². The van der Waals surface area contributed by atoms with Crippen LogP contribution in [-0.2, 0) is 12.7 Å². The summed E-state index contributed by atoms with van der Waals surface area (Å²) in [5.74, 6) is 0.188. The van der Waals surface area contributed by atoms with Crippen molar-refractivity contribution in [3.05, 3.63) is 47.8 Å². The summed E-state index contributed by atoms with van der Waals surface area (Å²) < 4.78 is 38.8. The number of rotatable bonds is 6. The van der Waals surface area contributed by atoms with E-state index in [2.05, 4.69) is 10.4 Å². The van der Waals surface area contributed by atoms with Crippen LogP contribution in [-0.4, -0.2) is 27.5 Å². The fraction of sp³-hybridized carbons (Fsp3) is 0.438. The minimum atomic E-state index is -4.44. The number of alkyl halides is 3. The molecule has 1 aromatic carbocycles. The monoisotopic (exact) mass is 327 g/mol. The van der Waals surface area contributed by atoms with E-state index < -0.39 is 18.0 Å². The molecule has 23 heavy (non-hydrogen) atoms. The Morgan fingerprint density at radius 3 is 2.35 bits per heavy atom. The highest BCUT2D eigenvalue weighted by atomic mass is 19.4. The van der Waals surface area contributed by atoms with Crippen molar-refractivity contribution in [2.24, 2.45) is 5.92 Å². The Hall–Kier alpha value is -1.86. The molecule has 1 heterocycles. The number of hydrogen-bond acceptors (Lipinski definition) is 3. The zero-order valence-corrected chi connectivity index (χ0v) is 13.0. The number of halogens is 3. The van der Waals surface area contributed by atoms with Gasteiger partial charge in [-0.2, -0.15) is 18.3 Å². The molecule has 1 atom stereocenters. The van der Waals surface area contributed by atoms with Crippen molar-refractivity contribution in [1.82, 2.24) is 15.1 Å². The highest BCUT2D eigenvalue weighted by Crippen LogP contribution is 2.27. The SMILES string of the molecule is CC(C)C(O)CNCc1ccc(-n2ccc(C(F)(F)F)n2)cc1. The Morgan fingerprint density at radius 2 is 1.83 bits per heavy atom. The van der Waals surface area contributed by atoms with Gasteiger partial charge in [-0.3, -0.25) is 0 Å². The summed E-state index contributed by atoms with van der Waals surface area (Å²) in [6.45, 7) is 4.96. The third-order valence-corrected chi connectivity index (χ3v) is 3.53. The second-order valence-electron chi connectivity index (χ2n) is 5.75. The number of hydrogen-bond donors (Lipinski definition) is 2. The highest BCUT2D eigenvalue weighted by molar-refractivity contribution is 5.34. The molecule has 0 fully saturated rings. The summed E-state index contributed by atoms with van der Waals surface area (Å²) in [5, 5.41) is 16.4. The largest absolute Gasteiger partial charge is 0.435 e. The molecule has 0 bridgehead atoms. The maximum Gasteiger partial charge on any atom is 0.435 e. The standard InChI is InChI=1S/C16H20F3N3O/c1-11(2)14(23)10-20-9-12-3-5-13(6-4-12)22-8-7-15(21-22)16(17,18)19/h3-8,11,14,20,23H,9-10H2,1-2H3.